The van der Waals surface area contributed by atoms with Crippen molar-refractivity contribution >= 4 is 16.8 Å². The smallest absolute Gasteiger partial charge is 0.255 e. The number of hydrogen-bond donors (Lipinski definition) is 2. The molecule has 0 saturated carbocycles. The third-order valence-electron chi connectivity index (χ3n) is 6.01. The number of carbonyl (C=O) groups excluding carboxylic acids is 1. The third-order valence-corrected chi connectivity index (χ3v) is 6.01. The second-order valence-corrected chi connectivity index (χ2v) is 8.60. The Labute approximate surface area is 199 Å². The van der Waals surface area contributed by atoms with E-state index in [0.717, 1.165) is 39.7 Å². The number of carbonyl (C=O) groups is 1. The van der Waals surface area contributed by atoms with Crippen LogP contribution in [-0.4, -0.2) is 40.0 Å². The molecule has 0 aliphatic rings. The number of aromatic nitrogens is 2. The van der Waals surface area contributed by atoms with Crippen molar-refractivity contribution < 1.29 is 19.2 Å². The molecule has 1 atom stereocenters. The standard InChI is InChI=1S/C27H31N3O4/c1-5-12-33-25-11-10-19(26-17(2)29-34-18(26)3)14-23(25)27(32)28-21(16-31)13-20-15-30(4)24-9-7-6-8-22(20)24/h6-11,14-15,21,31H,5,12-13,16H2,1-4H3,(H,28,32). The monoisotopic (exact) mass is 461 g/mol. The van der Waals surface area contributed by atoms with Gasteiger partial charge >= 0.3 is 0 Å². The molecule has 2 heterocycles. The highest BCUT2D eigenvalue weighted by Crippen LogP contribution is 2.31. The van der Waals surface area contributed by atoms with Crippen LogP contribution in [0.1, 0.15) is 40.7 Å². The van der Waals surface area contributed by atoms with Gasteiger partial charge in [-0.3, -0.25) is 4.79 Å². The molecule has 178 valence electrons. The molecule has 2 aromatic heterocycles. The van der Waals surface area contributed by atoms with Gasteiger partial charge in [0.1, 0.15) is 11.5 Å². The maximum atomic E-state index is 13.4. The molecule has 34 heavy (non-hydrogen) atoms. The Morgan fingerprint density at radius 1 is 1.24 bits per heavy atom. The van der Waals surface area contributed by atoms with E-state index in [1.165, 1.54) is 0 Å². The van der Waals surface area contributed by atoms with Gasteiger partial charge in [0.25, 0.3) is 5.91 Å². The van der Waals surface area contributed by atoms with E-state index in [1.54, 1.807) is 6.07 Å². The van der Waals surface area contributed by atoms with Crippen molar-refractivity contribution in [1.29, 1.82) is 0 Å². The number of amides is 1. The lowest BCUT2D eigenvalue weighted by atomic mass is 10.00. The average Bonchev–Trinajstić information content (AvgIpc) is 3.35. The lowest BCUT2D eigenvalue weighted by molar-refractivity contribution is 0.0912. The fourth-order valence-corrected chi connectivity index (χ4v) is 4.37. The van der Waals surface area contributed by atoms with Gasteiger partial charge in [0, 0.05) is 29.7 Å². The molecule has 2 N–H and O–H groups in total. The minimum atomic E-state index is -0.444. The molecule has 1 unspecified atom stereocenters. The van der Waals surface area contributed by atoms with Crippen LogP contribution in [-0.2, 0) is 13.5 Å². The van der Waals surface area contributed by atoms with Crippen LogP contribution in [0.15, 0.2) is 53.2 Å². The molecule has 7 nitrogen and oxygen atoms in total. The maximum Gasteiger partial charge on any atom is 0.255 e. The molecule has 0 bridgehead atoms. The highest BCUT2D eigenvalue weighted by Gasteiger charge is 2.21. The first-order chi connectivity index (χ1) is 16.4. The van der Waals surface area contributed by atoms with Crippen molar-refractivity contribution in [3.05, 3.63) is 71.2 Å². The fourth-order valence-electron chi connectivity index (χ4n) is 4.37. The van der Waals surface area contributed by atoms with E-state index in [1.807, 2.05) is 58.3 Å². The summed E-state index contributed by atoms with van der Waals surface area (Å²) in [7, 11) is 2.00. The third kappa shape index (κ3) is 4.70. The Morgan fingerprint density at radius 3 is 2.74 bits per heavy atom. The van der Waals surface area contributed by atoms with Crippen LogP contribution < -0.4 is 10.1 Å². The molecule has 1 amide bonds. The fraction of sp³-hybridized carbons (Fsp3) is 0.333. The summed E-state index contributed by atoms with van der Waals surface area (Å²) in [5.74, 6) is 0.908. The van der Waals surface area contributed by atoms with Crippen LogP contribution in [0.4, 0.5) is 0 Å². The summed E-state index contributed by atoms with van der Waals surface area (Å²) < 4.78 is 13.2. The zero-order valence-corrected chi connectivity index (χ0v) is 20.1. The molecule has 7 heteroatoms. The predicted molar refractivity (Wildman–Crippen MR) is 132 cm³/mol. The van der Waals surface area contributed by atoms with E-state index in [9.17, 15) is 9.90 Å². The van der Waals surface area contributed by atoms with Gasteiger partial charge in [-0.05, 0) is 56.0 Å². The summed E-state index contributed by atoms with van der Waals surface area (Å²) in [6.07, 6.45) is 3.39. The molecule has 4 rings (SSSR count). The number of nitrogens with zero attached hydrogens (tertiary/aromatic N) is 2. The number of aryl methyl sites for hydroxylation is 3. The molecule has 0 aliphatic heterocycles. The maximum absolute atomic E-state index is 13.4. The van der Waals surface area contributed by atoms with Crippen LogP contribution >= 0.6 is 0 Å². The summed E-state index contributed by atoms with van der Waals surface area (Å²) >= 11 is 0. The molecule has 0 fully saturated rings. The second-order valence-electron chi connectivity index (χ2n) is 8.60. The molecule has 0 saturated heterocycles. The number of fused-ring (bicyclic) bond motifs is 1. The van der Waals surface area contributed by atoms with Gasteiger partial charge in [0.05, 0.1) is 30.5 Å². The average molecular weight is 462 g/mol. The minimum absolute atomic E-state index is 0.177. The normalized spacial score (nSPS) is 12.1. The quantitative estimate of drug-likeness (QED) is 0.381. The highest BCUT2D eigenvalue weighted by atomic mass is 16.5. The van der Waals surface area contributed by atoms with E-state index < -0.39 is 6.04 Å². The number of ether oxygens (including phenoxy) is 1. The van der Waals surface area contributed by atoms with E-state index in [-0.39, 0.29) is 12.5 Å². The predicted octanol–water partition coefficient (Wildman–Crippen LogP) is 4.57. The Bertz CT molecular complexity index is 1290. The first-order valence-corrected chi connectivity index (χ1v) is 11.6. The summed E-state index contributed by atoms with van der Waals surface area (Å²) in [4.78, 5) is 13.4. The lowest BCUT2D eigenvalue weighted by Crippen LogP contribution is -2.39. The van der Waals surface area contributed by atoms with Crippen LogP contribution in [0.25, 0.3) is 22.0 Å². The molecule has 0 aliphatic carbocycles. The summed E-state index contributed by atoms with van der Waals surface area (Å²) in [6.45, 7) is 6.07. The molecule has 2 aromatic carbocycles. The van der Waals surface area contributed by atoms with E-state index >= 15 is 0 Å². The Hall–Kier alpha value is -3.58. The first-order valence-electron chi connectivity index (χ1n) is 11.6. The number of nitrogens with one attached hydrogen (secondary N) is 1. The largest absolute Gasteiger partial charge is 0.493 e. The first kappa shape index (κ1) is 23.6. The van der Waals surface area contributed by atoms with Gasteiger partial charge in [-0.25, -0.2) is 0 Å². The van der Waals surface area contributed by atoms with Crippen LogP contribution in [0.3, 0.4) is 0 Å². The van der Waals surface area contributed by atoms with Crippen molar-refractivity contribution in [3.63, 3.8) is 0 Å². The summed E-state index contributed by atoms with van der Waals surface area (Å²) in [6, 6.07) is 13.2. The molecule has 0 spiro atoms. The number of para-hydroxylation sites is 1. The summed E-state index contributed by atoms with van der Waals surface area (Å²) in [5.41, 5.74) is 5.07. The highest BCUT2D eigenvalue weighted by molar-refractivity contribution is 5.98. The van der Waals surface area contributed by atoms with Crippen LogP contribution in [0.2, 0.25) is 0 Å². The van der Waals surface area contributed by atoms with Gasteiger partial charge in [-0.15, -0.1) is 0 Å². The Kier molecular flexibility index (Phi) is 7.03. The van der Waals surface area contributed by atoms with Gasteiger partial charge in [0.2, 0.25) is 0 Å². The SMILES string of the molecule is CCCOc1ccc(-c2c(C)noc2C)cc1C(=O)NC(CO)Cc1cn(C)c2ccccc12. The van der Waals surface area contributed by atoms with Gasteiger partial charge in [-0.1, -0.05) is 36.3 Å². The van der Waals surface area contributed by atoms with Crippen molar-refractivity contribution in [1.82, 2.24) is 15.0 Å². The molecular formula is C27H31N3O4. The number of rotatable bonds is 9. The van der Waals surface area contributed by atoms with Crippen molar-refractivity contribution in [2.24, 2.45) is 7.05 Å². The number of hydrogen-bond acceptors (Lipinski definition) is 5. The topological polar surface area (TPSA) is 89.5 Å². The van der Waals surface area contributed by atoms with Crippen molar-refractivity contribution in [2.45, 2.75) is 39.7 Å². The van der Waals surface area contributed by atoms with Crippen LogP contribution in [0.5, 0.6) is 5.75 Å². The Balaban J connectivity index is 1.62. The Morgan fingerprint density at radius 2 is 2.03 bits per heavy atom. The van der Waals surface area contributed by atoms with Crippen LogP contribution in [0, 0.1) is 13.8 Å². The van der Waals surface area contributed by atoms with E-state index in [4.69, 9.17) is 9.26 Å². The van der Waals surface area contributed by atoms with E-state index in [2.05, 4.69) is 27.2 Å². The number of aliphatic hydroxyl groups excluding tert-OH is 1. The number of benzene rings is 2. The zero-order chi connectivity index (χ0) is 24.2. The van der Waals surface area contributed by atoms with Crippen molar-refractivity contribution in [3.8, 4) is 16.9 Å². The molecule has 4 aromatic rings. The van der Waals surface area contributed by atoms with Gasteiger partial charge in [0.15, 0.2) is 0 Å². The van der Waals surface area contributed by atoms with Gasteiger partial charge in [-0.2, -0.15) is 0 Å². The molecular weight excluding hydrogens is 430 g/mol. The second kappa shape index (κ2) is 10.1. The van der Waals surface area contributed by atoms with Crippen molar-refractivity contribution in [2.75, 3.05) is 13.2 Å². The summed E-state index contributed by atoms with van der Waals surface area (Å²) in [5, 5.41) is 18.2. The van der Waals surface area contributed by atoms with E-state index in [0.29, 0.717) is 30.1 Å². The number of aliphatic hydroxyl groups is 1. The molecule has 0 radical (unpaired) electrons. The minimum Gasteiger partial charge on any atom is -0.493 e. The zero-order valence-electron chi connectivity index (χ0n) is 20.1. The lowest BCUT2D eigenvalue weighted by Gasteiger charge is -2.18. The van der Waals surface area contributed by atoms with Gasteiger partial charge < -0.3 is 24.3 Å².